The summed E-state index contributed by atoms with van der Waals surface area (Å²) in [5.74, 6) is 1.14. The second-order valence-electron chi connectivity index (χ2n) is 9.73. The summed E-state index contributed by atoms with van der Waals surface area (Å²) in [5.41, 5.74) is 5.36. The Hall–Kier alpha value is -3.63. The molecule has 0 radical (unpaired) electrons. The van der Waals surface area contributed by atoms with Crippen LogP contribution in [0, 0.1) is 0 Å². The molecule has 0 saturated heterocycles. The van der Waals surface area contributed by atoms with Gasteiger partial charge in [0.25, 0.3) is 0 Å². The van der Waals surface area contributed by atoms with Gasteiger partial charge in [-0.05, 0) is 46.4 Å². The van der Waals surface area contributed by atoms with E-state index in [4.69, 9.17) is 18.9 Å². The maximum atomic E-state index is 11.7. The molecule has 0 spiro atoms. The van der Waals surface area contributed by atoms with Crippen molar-refractivity contribution in [1.29, 1.82) is 0 Å². The van der Waals surface area contributed by atoms with Crippen molar-refractivity contribution in [2.75, 3.05) is 39.4 Å². The topological polar surface area (TPSA) is 109 Å². The highest BCUT2D eigenvalue weighted by Crippen LogP contribution is 2.40. The smallest absolute Gasteiger partial charge is 0.319 e. The molecule has 0 aliphatic heterocycles. The van der Waals surface area contributed by atoms with Crippen LogP contribution in [0.25, 0.3) is 23.3 Å². The van der Waals surface area contributed by atoms with Crippen molar-refractivity contribution in [3.05, 3.63) is 58.8 Å². The summed E-state index contributed by atoms with van der Waals surface area (Å²) < 4.78 is 47.8. The van der Waals surface area contributed by atoms with E-state index >= 15 is 0 Å². The molecule has 0 fully saturated rings. The van der Waals surface area contributed by atoms with Gasteiger partial charge in [-0.25, -0.2) is 13.4 Å². The van der Waals surface area contributed by atoms with Gasteiger partial charge in [-0.1, -0.05) is 39.0 Å². The maximum absolute atomic E-state index is 11.7. The number of hydrogen-bond donors (Lipinski definition) is 1. The molecule has 9 nitrogen and oxygen atoms in total. The van der Waals surface area contributed by atoms with Crippen molar-refractivity contribution in [3.63, 3.8) is 0 Å². The van der Waals surface area contributed by atoms with E-state index in [0.29, 0.717) is 23.7 Å². The van der Waals surface area contributed by atoms with Crippen LogP contribution in [0.5, 0.6) is 17.6 Å². The Morgan fingerprint density at radius 2 is 1.66 bits per heavy atom. The monoisotopic (exact) mass is 541 g/mol. The molecular formula is C28H35N3O6S. The minimum absolute atomic E-state index is 0.217. The molecule has 1 aromatic heterocycles. The number of anilines is 1. The van der Waals surface area contributed by atoms with Gasteiger partial charge in [0, 0.05) is 30.1 Å². The first kappa shape index (κ1) is 28.9. The Labute approximate surface area is 224 Å². The van der Waals surface area contributed by atoms with Crippen LogP contribution in [0.15, 0.2) is 36.5 Å². The molecule has 0 amide bonds. The molecule has 1 N–H and O–H groups in total. The molecule has 3 rings (SSSR count). The van der Waals surface area contributed by atoms with Crippen molar-refractivity contribution in [1.82, 2.24) is 9.97 Å². The first-order valence-electron chi connectivity index (χ1n) is 11.9. The Bertz CT molecular complexity index is 1430. The summed E-state index contributed by atoms with van der Waals surface area (Å²) in [6.45, 7) is 6.67. The number of benzene rings is 2. The Kier molecular flexibility index (Phi) is 9.01. The van der Waals surface area contributed by atoms with E-state index in [-0.39, 0.29) is 11.4 Å². The van der Waals surface area contributed by atoms with Crippen LogP contribution < -0.4 is 18.9 Å². The standard InChI is InChI=1S/C28H35N3O6S/c1-28(2,3)24-15-20(23-16-29-27(37-7)30-26(23)36-6)13-19(25(24)35-5)10-9-18-11-12-22(31-38(8,32)33)14-21(18)17-34-4/h9-16,31H,17H2,1-8H3/b10-9+. The molecule has 10 heteroatoms. The maximum Gasteiger partial charge on any atom is 0.319 e. The molecule has 0 atom stereocenters. The minimum atomic E-state index is -3.40. The van der Waals surface area contributed by atoms with Crippen LogP contribution in [0.2, 0.25) is 0 Å². The summed E-state index contributed by atoms with van der Waals surface area (Å²) in [7, 11) is 2.91. The number of hydrogen-bond acceptors (Lipinski definition) is 8. The Balaban J connectivity index is 2.18. The van der Waals surface area contributed by atoms with Crippen molar-refractivity contribution < 1.29 is 27.4 Å². The molecule has 0 bridgehead atoms. The van der Waals surface area contributed by atoms with E-state index in [0.717, 1.165) is 39.8 Å². The number of aromatic nitrogens is 2. The number of sulfonamides is 1. The van der Waals surface area contributed by atoms with Crippen molar-refractivity contribution in [2.24, 2.45) is 0 Å². The zero-order valence-electron chi connectivity index (χ0n) is 23.1. The van der Waals surface area contributed by atoms with E-state index < -0.39 is 10.0 Å². The fourth-order valence-corrected chi connectivity index (χ4v) is 4.58. The summed E-state index contributed by atoms with van der Waals surface area (Å²) in [5, 5.41) is 0. The lowest BCUT2D eigenvalue weighted by molar-refractivity contribution is 0.185. The van der Waals surface area contributed by atoms with Crippen molar-refractivity contribution >= 4 is 27.9 Å². The predicted molar refractivity (Wildman–Crippen MR) is 150 cm³/mol. The quantitative estimate of drug-likeness (QED) is 0.351. The molecule has 0 aliphatic rings. The Morgan fingerprint density at radius 1 is 0.947 bits per heavy atom. The van der Waals surface area contributed by atoms with E-state index in [1.54, 1.807) is 39.7 Å². The van der Waals surface area contributed by atoms with Gasteiger partial charge in [-0.15, -0.1) is 0 Å². The lowest BCUT2D eigenvalue weighted by atomic mass is 9.83. The van der Waals surface area contributed by atoms with Crippen LogP contribution in [0.1, 0.15) is 43.0 Å². The van der Waals surface area contributed by atoms with Crippen molar-refractivity contribution in [2.45, 2.75) is 32.8 Å². The second kappa shape index (κ2) is 11.8. The zero-order chi connectivity index (χ0) is 28.1. The number of ether oxygens (including phenoxy) is 4. The molecule has 2 aromatic carbocycles. The molecule has 1 heterocycles. The fraction of sp³-hybridized carbons (Fsp3) is 0.357. The first-order valence-corrected chi connectivity index (χ1v) is 13.7. The summed E-state index contributed by atoms with van der Waals surface area (Å²) in [4.78, 5) is 8.62. The van der Waals surface area contributed by atoms with Gasteiger partial charge >= 0.3 is 6.01 Å². The molecule has 3 aromatic rings. The number of nitrogens with one attached hydrogen (secondary N) is 1. The second-order valence-corrected chi connectivity index (χ2v) is 11.5. The Morgan fingerprint density at radius 3 is 2.24 bits per heavy atom. The van der Waals surface area contributed by atoms with Crippen LogP contribution in [0.3, 0.4) is 0 Å². The number of rotatable bonds is 10. The zero-order valence-corrected chi connectivity index (χ0v) is 23.9. The molecule has 0 unspecified atom stereocenters. The van der Waals surface area contributed by atoms with Gasteiger partial charge in [0.15, 0.2) is 0 Å². The molecule has 0 aliphatic carbocycles. The van der Waals surface area contributed by atoms with E-state index in [2.05, 4.69) is 41.5 Å². The first-order chi connectivity index (χ1) is 17.9. The average Bonchev–Trinajstić information content (AvgIpc) is 2.86. The van der Waals surface area contributed by atoms with Gasteiger partial charge in [-0.3, -0.25) is 4.72 Å². The summed E-state index contributed by atoms with van der Waals surface area (Å²) in [6.07, 6.45) is 6.71. The van der Waals surface area contributed by atoms with Crippen molar-refractivity contribution in [3.8, 4) is 28.8 Å². The summed E-state index contributed by atoms with van der Waals surface area (Å²) >= 11 is 0. The molecule has 204 valence electrons. The van der Waals surface area contributed by atoms with Crippen LogP contribution in [-0.4, -0.2) is 53.1 Å². The SMILES string of the molecule is COCc1cc(NS(C)(=O)=O)ccc1/C=C/c1cc(-c2cnc(OC)nc2OC)cc(C(C)(C)C)c1OC. The van der Waals surface area contributed by atoms with Crippen LogP contribution >= 0.6 is 0 Å². The van der Waals surface area contributed by atoms with Crippen LogP contribution in [0.4, 0.5) is 5.69 Å². The minimum Gasteiger partial charge on any atom is -0.496 e. The lowest BCUT2D eigenvalue weighted by Crippen LogP contribution is -2.14. The average molecular weight is 542 g/mol. The highest BCUT2D eigenvalue weighted by molar-refractivity contribution is 7.92. The summed E-state index contributed by atoms with van der Waals surface area (Å²) in [6, 6.07) is 9.60. The fourth-order valence-electron chi connectivity index (χ4n) is 4.02. The highest BCUT2D eigenvalue weighted by Gasteiger charge is 2.23. The largest absolute Gasteiger partial charge is 0.496 e. The highest BCUT2D eigenvalue weighted by atomic mass is 32.2. The van der Waals surface area contributed by atoms with Crippen LogP contribution in [-0.2, 0) is 26.8 Å². The third-order valence-electron chi connectivity index (χ3n) is 5.74. The number of methoxy groups -OCH3 is 4. The van der Waals surface area contributed by atoms with Gasteiger partial charge < -0.3 is 18.9 Å². The van der Waals surface area contributed by atoms with Gasteiger partial charge in [0.05, 0.1) is 39.8 Å². The lowest BCUT2D eigenvalue weighted by Gasteiger charge is -2.25. The van der Waals surface area contributed by atoms with E-state index in [1.165, 1.54) is 7.11 Å². The molecular weight excluding hydrogens is 506 g/mol. The molecule has 0 saturated carbocycles. The van der Waals surface area contributed by atoms with E-state index in [1.807, 2.05) is 24.3 Å². The van der Waals surface area contributed by atoms with Gasteiger partial charge in [0.1, 0.15) is 5.75 Å². The third kappa shape index (κ3) is 7.02. The van der Waals surface area contributed by atoms with Gasteiger partial charge in [-0.2, -0.15) is 4.98 Å². The normalized spacial score (nSPS) is 12.0. The van der Waals surface area contributed by atoms with E-state index in [9.17, 15) is 8.42 Å². The van der Waals surface area contributed by atoms with Gasteiger partial charge in [0.2, 0.25) is 15.9 Å². The number of nitrogens with zero attached hydrogens (tertiary/aromatic N) is 2. The molecule has 38 heavy (non-hydrogen) atoms. The predicted octanol–water partition coefficient (Wildman–Crippen LogP) is 5.16. The third-order valence-corrected chi connectivity index (χ3v) is 6.34.